The van der Waals surface area contributed by atoms with E-state index in [1.807, 2.05) is 37.3 Å². The van der Waals surface area contributed by atoms with Crippen LogP contribution >= 0.6 is 11.6 Å². The summed E-state index contributed by atoms with van der Waals surface area (Å²) in [6.45, 7) is 2.12. The van der Waals surface area contributed by atoms with E-state index in [4.69, 9.17) is 16.3 Å². The highest BCUT2D eigenvalue weighted by atomic mass is 35.5. The summed E-state index contributed by atoms with van der Waals surface area (Å²) in [6.07, 6.45) is 1.69. The van der Waals surface area contributed by atoms with Crippen molar-refractivity contribution in [2.45, 2.75) is 18.4 Å². The summed E-state index contributed by atoms with van der Waals surface area (Å²) in [4.78, 5) is 4.51. The fraction of sp³-hybridized carbons (Fsp3) is 0.150. The number of aromatic nitrogens is 1. The largest absolute Gasteiger partial charge is 0.495 e. The first-order valence-electron chi connectivity index (χ1n) is 8.25. The molecule has 0 saturated carbocycles. The lowest BCUT2D eigenvalue weighted by Gasteiger charge is -2.12. The lowest BCUT2D eigenvalue weighted by atomic mass is 10.0. The van der Waals surface area contributed by atoms with Gasteiger partial charge in [0.05, 0.1) is 22.7 Å². The van der Waals surface area contributed by atoms with Gasteiger partial charge in [-0.3, -0.25) is 4.98 Å². The quantitative estimate of drug-likeness (QED) is 0.671. The van der Waals surface area contributed by atoms with Crippen molar-refractivity contribution in [3.05, 3.63) is 76.9 Å². The Hall–Kier alpha value is -2.41. The standard InChI is InChI=1S/C20H19ClN2O3S/c1-14-5-3-6-15(11-14)20-16(7-4-10-22-20)13-23-27(24,25)17-8-9-19(26-2)18(21)12-17/h3-12,23H,13H2,1-2H3. The van der Waals surface area contributed by atoms with Gasteiger partial charge in [0, 0.05) is 18.3 Å². The van der Waals surface area contributed by atoms with Crippen molar-refractivity contribution in [1.29, 1.82) is 0 Å². The average Bonchev–Trinajstić information content (AvgIpc) is 2.66. The van der Waals surface area contributed by atoms with Crippen LogP contribution in [-0.2, 0) is 16.6 Å². The number of rotatable bonds is 6. The van der Waals surface area contributed by atoms with E-state index >= 15 is 0 Å². The van der Waals surface area contributed by atoms with Gasteiger partial charge in [0.15, 0.2) is 0 Å². The number of methoxy groups -OCH3 is 1. The van der Waals surface area contributed by atoms with Crippen molar-refractivity contribution < 1.29 is 13.2 Å². The minimum atomic E-state index is -3.73. The van der Waals surface area contributed by atoms with E-state index in [1.165, 1.54) is 25.3 Å². The monoisotopic (exact) mass is 402 g/mol. The minimum Gasteiger partial charge on any atom is -0.495 e. The lowest BCUT2D eigenvalue weighted by molar-refractivity contribution is 0.414. The maximum Gasteiger partial charge on any atom is 0.240 e. The highest BCUT2D eigenvalue weighted by Gasteiger charge is 2.17. The molecule has 0 amide bonds. The molecular formula is C20H19ClN2O3S. The molecule has 5 nitrogen and oxygen atoms in total. The maximum absolute atomic E-state index is 12.6. The highest BCUT2D eigenvalue weighted by molar-refractivity contribution is 7.89. The van der Waals surface area contributed by atoms with Crippen LogP contribution in [-0.4, -0.2) is 20.5 Å². The van der Waals surface area contributed by atoms with Gasteiger partial charge in [0.1, 0.15) is 5.75 Å². The summed E-state index contributed by atoms with van der Waals surface area (Å²) in [5, 5.41) is 0.238. The first kappa shape index (κ1) is 19.4. The number of nitrogens with zero attached hydrogens (tertiary/aromatic N) is 1. The van der Waals surface area contributed by atoms with Crippen molar-refractivity contribution in [3.63, 3.8) is 0 Å². The molecule has 1 N–H and O–H groups in total. The molecule has 0 unspecified atom stereocenters. The SMILES string of the molecule is COc1ccc(S(=O)(=O)NCc2cccnc2-c2cccc(C)c2)cc1Cl. The number of aryl methyl sites for hydroxylation is 1. The van der Waals surface area contributed by atoms with E-state index in [2.05, 4.69) is 9.71 Å². The molecule has 0 bridgehead atoms. The maximum atomic E-state index is 12.6. The third kappa shape index (κ3) is 4.47. The normalized spacial score (nSPS) is 11.4. The van der Waals surface area contributed by atoms with E-state index in [0.29, 0.717) is 5.75 Å². The van der Waals surface area contributed by atoms with E-state index in [1.54, 1.807) is 12.3 Å². The molecule has 2 aromatic carbocycles. The summed E-state index contributed by atoms with van der Waals surface area (Å²) < 4.78 is 32.9. The van der Waals surface area contributed by atoms with Gasteiger partial charge in [0.25, 0.3) is 0 Å². The average molecular weight is 403 g/mol. The fourth-order valence-corrected chi connectivity index (χ4v) is 4.06. The van der Waals surface area contributed by atoms with Crippen molar-refractivity contribution >= 4 is 21.6 Å². The molecule has 3 rings (SSSR count). The van der Waals surface area contributed by atoms with Crippen molar-refractivity contribution in [1.82, 2.24) is 9.71 Å². The molecule has 0 aliphatic heterocycles. The first-order valence-corrected chi connectivity index (χ1v) is 10.1. The topological polar surface area (TPSA) is 68.3 Å². The Kier molecular flexibility index (Phi) is 5.79. The van der Waals surface area contributed by atoms with Crippen LogP contribution in [0.5, 0.6) is 5.75 Å². The number of pyridine rings is 1. The fourth-order valence-electron chi connectivity index (χ4n) is 2.70. The van der Waals surface area contributed by atoms with E-state index in [9.17, 15) is 8.42 Å². The number of hydrogen-bond acceptors (Lipinski definition) is 4. The summed E-state index contributed by atoms with van der Waals surface area (Å²) >= 11 is 6.05. The summed E-state index contributed by atoms with van der Waals surface area (Å²) in [5.74, 6) is 0.421. The second kappa shape index (κ2) is 8.08. The molecule has 0 aliphatic carbocycles. The zero-order valence-electron chi connectivity index (χ0n) is 14.9. The molecule has 0 spiro atoms. The van der Waals surface area contributed by atoms with Crippen molar-refractivity contribution in [2.24, 2.45) is 0 Å². The number of sulfonamides is 1. The minimum absolute atomic E-state index is 0.0781. The van der Waals surface area contributed by atoms with E-state index in [-0.39, 0.29) is 16.5 Å². The van der Waals surface area contributed by atoms with Gasteiger partial charge in [-0.2, -0.15) is 0 Å². The molecule has 0 saturated heterocycles. The molecule has 1 heterocycles. The van der Waals surface area contributed by atoms with Gasteiger partial charge in [0.2, 0.25) is 10.0 Å². The first-order chi connectivity index (χ1) is 12.9. The molecule has 0 fully saturated rings. The number of halogens is 1. The van der Waals surface area contributed by atoms with Crippen LogP contribution in [0.1, 0.15) is 11.1 Å². The van der Waals surface area contributed by atoms with Gasteiger partial charge in [-0.05, 0) is 42.8 Å². The van der Waals surface area contributed by atoms with Crippen molar-refractivity contribution in [3.8, 4) is 17.0 Å². The number of nitrogens with one attached hydrogen (secondary N) is 1. The van der Waals surface area contributed by atoms with Crippen LogP contribution in [0.2, 0.25) is 5.02 Å². The lowest BCUT2D eigenvalue weighted by Crippen LogP contribution is -2.23. The molecule has 7 heteroatoms. The highest BCUT2D eigenvalue weighted by Crippen LogP contribution is 2.27. The van der Waals surface area contributed by atoms with Gasteiger partial charge < -0.3 is 4.74 Å². The Morgan fingerprint density at radius 1 is 1.11 bits per heavy atom. The number of benzene rings is 2. The van der Waals surface area contributed by atoms with Gasteiger partial charge in [-0.15, -0.1) is 0 Å². The van der Waals surface area contributed by atoms with Crippen LogP contribution in [0.4, 0.5) is 0 Å². The second-order valence-electron chi connectivity index (χ2n) is 6.00. The summed E-state index contributed by atoms with van der Waals surface area (Å²) in [6, 6.07) is 15.9. The summed E-state index contributed by atoms with van der Waals surface area (Å²) in [5.41, 5.74) is 3.58. The Labute approximate surface area is 164 Å². The Morgan fingerprint density at radius 2 is 1.93 bits per heavy atom. The number of hydrogen-bond donors (Lipinski definition) is 1. The predicted molar refractivity (Wildman–Crippen MR) is 106 cm³/mol. The van der Waals surface area contributed by atoms with E-state index in [0.717, 1.165) is 22.4 Å². The van der Waals surface area contributed by atoms with Crippen LogP contribution in [0.25, 0.3) is 11.3 Å². The second-order valence-corrected chi connectivity index (χ2v) is 8.18. The molecule has 1 aromatic heterocycles. The van der Waals surface area contributed by atoms with Crippen molar-refractivity contribution in [2.75, 3.05) is 7.11 Å². The molecule has 3 aromatic rings. The molecule has 0 radical (unpaired) electrons. The number of ether oxygens (including phenoxy) is 1. The Bertz CT molecular complexity index is 1070. The Morgan fingerprint density at radius 3 is 2.63 bits per heavy atom. The van der Waals surface area contributed by atoms with Gasteiger partial charge >= 0.3 is 0 Å². The summed E-state index contributed by atoms with van der Waals surface area (Å²) in [7, 11) is -2.26. The van der Waals surface area contributed by atoms with Crippen LogP contribution in [0.15, 0.2) is 65.7 Å². The molecule has 0 aliphatic rings. The predicted octanol–water partition coefficient (Wildman–Crippen LogP) is 4.20. The van der Waals surface area contributed by atoms with Crippen LogP contribution in [0, 0.1) is 6.92 Å². The smallest absolute Gasteiger partial charge is 0.240 e. The van der Waals surface area contributed by atoms with Crippen LogP contribution < -0.4 is 9.46 Å². The third-order valence-electron chi connectivity index (χ3n) is 4.07. The van der Waals surface area contributed by atoms with Gasteiger partial charge in [-0.1, -0.05) is 41.4 Å². The molecule has 0 atom stereocenters. The molecule has 140 valence electrons. The zero-order chi connectivity index (χ0) is 19.4. The van der Waals surface area contributed by atoms with E-state index < -0.39 is 10.0 Å². The zero-order valence-corrected chi connectivity index (χ0v) is 16.5. The Balaban J connectivity index is 1.86. The third-order valence-corrected chi connectivity index (χ3v) is 5.76. The van der Waals surface area contributed by atoms with Gasteiger partial charge in [-0.25, -0.2) is 13.1 Å². The van der Waals surface area contributed by atoms with Crippen LogP contribution in [0.3, 0.4) is 0 Å². The molecular weight excluding hydrogens is 384 g/mol. The molecule has 27 heavy (non-hydrogen) atoms.